The van der Waals surface area contributed by atoms with Gasteiger partial charge >= 0.3 is 0 Å². The van der Waals surface area contributed by atoms with E-state index in [4.69, 9.17) is 0 Å². The molecule has 0 fully saturated rings. The number of benzene rings is 16. The fourth-order valence-electron chi connectivity index (χ4n) is 20.0. The number of hydrogen-bond donors (Lipinski definition) is 0. The monoisotopic (exact) mass is 1250 g/mol. The van der Waals surface area contributed by atoms with Crippen molar-refractivity contribution in [1.29, 1.82) is 0 Å². The lowest BCUT2D eigenvalue weighted by Gasteiger charge is -2.23. The second-order valence-corrected chi connectivity index (χ2v) is 30.8. The molecule has 4 aliphatic rings. The van der Waals surface area contributed by atoms with E-state index < -0.39 is 0 Å². The summed E-state index contributed by atoms with van der Waals surface area (Å²) in [5.74, 6) is 0. The third-order valence-corrected chi connectivity index (χ3v) is 24.6. The zero-order valence-electron chi connectivity index (χ0n) is 56.6. The third-order valence-electron chi connectivity index (χ3n) is 24.6. The van der Waals surface area contributed by atoms with Crippen LogP contribution < -0.4 is 0 Å². The van der Waals surface area contributed by atoms with Gasteiger partial charge in [0.05, 0.1) is 0 Å². The zero-order chi connectivity index (χ0) is 65.6. The van der Waals surface area contributed by atoms with Gasteiger partial charge in [0, 0.05) is 21.7 Å². The van der Waals surface area contributed by atoms with E-state index in [-0.39, 0.29) is 21.7 Å². The first-order valence-corrected chi connectivity index (χ1v) is 35.2. The fraction of sp³-hybridized carbons (Fsp3) is 0.122. The molecule has 22 rings (SSSR count). The molecular formula is C98H70. The average Bonchev–Trinajstić information content (AvgIpc) is 1.49. The van der Waals surface area contributed by atoms with Gasteiger partial charge in [-0.2, -0.15) is 0 Å². The Morgan fingerprint density at radius 1 is 0.163 bits per heavy atom. The standard InChI is InChI=1S/C83H56.C15H14/c1-81(2)67-30-14-11-21-50(67)53-36-33-46(40-70(53)81)73-49-20-8-7-19-45(49)39-64-65-43-62-59-27-18-29-61-77(59)66(44-63(62)58-26-17-28-60(76(58)65)78(64)73)80-75(48-35-38-55-52-23-13-16-32-69(52)83(5,6)72(55)42-48)57-25-10-9-24-56(57)74(79(61)80)47-34-37-54-51-22-12-15-31-68(51)82(3,4)71(54)41-47;1-15(2)13-9-5-3-7-11(13)12-8-4-6-10-14(12)15/h7-44H,1-6H3;3-10H,1-2H3. The Hall–Kier alpha value is -11.2. The number of hydrogen-bond acceptors (Lipinski definition) is 0. The van der Waals surface area contributed by atoms with Gasteiger partial charge in [0.2, 0.25) is 0 Å². The summed E-state index contributed by atoms with van der Waals surface area (Å²) in [6.07, 6.45) is 0. The zero-order valence-corrected chi connectivity index (χ0v) is 56.6. The van der Waals surface area contributed by atoms with Crippen LogP contribution >= 0.6 is 0 Å². The van der Waals surface area contributed by atoms with Crippen LogP contribution in [0.5, 0.6) is 0 Å². The maximum absolute atomic E-state index is 2.62. The van der Waals surface area contributed by atoms with Crippen molar-refractivity contribution in [1.82, 2.24) is 0 Å². The van der Waals surface area contributed by atoms with Gasteiger partial charge in [-0.25, -0.2) is 0 Å². The minimum Gasteiger partial charge on any atom is -0.0619 e. The SMILES string of the molecule is CC1(C)c2ccccc2-c2ccc(-c3c4ccccc4cc4c5cc6c(cc7c8c(-c9ccc%10c(c9)C(C)(C)c9ccccc9-%10)c9ccccc9c(-c9ccc%10c(c9)C(C)(C)c9ccccc9-%10)c8c8cccc6c87)c6cccc(c34)c65)cc21.CC1(C)c2ccccc2-c2ccccc21. The Morgan fingerprint density at radius 2 is 0.449 bits per heavy atom. The topological polar surface area (TPSA) is 0 Å². The van der Waals surface area contributed by atoms with Crippen LogP contribution in [0.15, 0.2) is 279 Å². The van der Waals surface area contributed by atoms with Crippen molar-refractivity contribution < 1.29 is 0 Å². The van der Waals surface area contributed by atoms with E-state index in [2.05, 4.69) is 334 Å². The molecule has 0 atom stereocenters. The highest BCUT2D eigenvalue weighted by Crippen LogP contribution is 2.59. The van der Waals surface area contributed by atoms with Crippen molar-refractivity contribution in [3.05, 3.63) is 324 Å². The summed E-state index contributed by atoms with van der Waals surface area (Å²) in [6.45, 7) is 19.1. The third kappa shape index (κ3) is 7.14. The maximum Gasteiger partial charge on any atom is 0.0159 e. The molecule has 98 heavy (non-hydrogen) atoms. The molecule has 0 saturated carbocycles. The van der Waals surface area contributed by atoms with Crippen LogP contribution in [0.3, 0.4) is 0 Å². The summed E-state index contributed by atoms with van der Waals surface area (Å²) < 4.78 is 0. The summed E-state index contributed by atoms with van der Waals surface area (Å²) in [4.78, 5) is 0. The van der Waals surface area contributed by atoms with Crippen LogP contribution in [0.4, 0.5) is 0 Å². The van der Waals surface area contributed by atoms with Crippen molar-refractivity contribution in [3.8, 4) is 77.9 Å². The molecule has 0 nitrogen and oxygen atoms in total. The van der Waals surface area contributed by atoms with Crippen molar-refractivity contribution >= 4 is 97.0 Å². The Balaban J connectivity index is 0.000000372. The Labute approximate surface area is 571 Å². The second-order valence-electron chi connectivity index (χ2n) is 30.8. The van der Waals surface area contributed by atoms with Gasteiger partial charge in [0.1, 0.15) is 0 Å². The van der Waals surface area contributed by atoms with E-state index >= 15 is 0 Å². The van der Waals surface area contributed by atoms with Gasteiger partial charge in [-0.05, 0) is 256 Å². The van der Waals surface area contributed by atoms with Crippen molar-refractivity contribution in [2.75, 3.05) is 0 Å². The van der Waals surface area contributed by atoms with Gasteiger partial charge in [-0.3, -0.25) is 0 Å². The molecule has 0 heteroatoms. The van der Waals surface area contributed by atoms with Crippen LogP contribution in [-0.2, 0) is 21.7 Å². The molecule has 0 N–H and O–H groups in total. The van der Waals surface area contributed by atoms with E-state index in [1.54, 1.807) is 0 Å². The molecule has 462 valence electrons. The van der Waals surface area contributed by atoms with Crippen LogP contribution in [0.2, 0.25) is 0 Å². The van der Waals surface area contributed by atoms with Crippen LogP contribution in [0, 0.1) is 0 Å². The molecule has 0 aromatic heterocycles. The molecule has 0 spiro atoms. The Kier molecular flexibility index (Phi) is 11.0. The first-order chi connectivity index (χ1) is 47.7. The average molecular weight is 1250 g/mol. The van der Waals surface area contributed by atoms with Gasteiger partial charge in [0.15, 0.2) is 0 Å². The van der Waals surface area contributed by atoms with Crippen LogP contribution in [-0.4, -0.2) is 0 Å². The molecular weight excluding hydrogens is 1180 g/mol. The summed E-state index contributed by atoms with van der Waals surface area (Å²) in [5, 5.41) is 23.7. The molecule has 0 heterocycles. The lowest BCUT2D eigenvalue weighted by molar-refractivity contribution is 0.660. The number of rotatable bonds is 3. The molecule has 4 aliphatic carbocycles. The summed E-state index contributed by atoms with van der Waals surface area (Å²) in [5.41, 5.74) is 29.7. The first-order valence-electron chi connectivity index (χ1n) is 35.2. The first kappa shape index (κ1) is 56.0. The lowest BCUT2D eigenvalue weighted by Crippen LogP contribution is -2.15. The molecule has 0 unspecified atom stereocenters. The van der Waals surface area contributed by atoms with Crippen molar-refractivity contribution in [2.45, 2.75) is 77.0 Å². The van der Waals surface area contributed by atoms with Gasteiger partial charge in [0.25, 0.3) is 0 Å². The molecule has 18 aromatic carbocycles. The predicted octanol–water partition coefficient (Wildman–Crippen LogP) is 26.9. The largest absolute Gasteiger partial charge is 0.0619 e. The van der Waals surface area contributed by atoms with Crippen molar-refractivity contribution in [2.24, 2.45) is 0 Å². The van der Waals surface area contributed by atoms with Crippen LogP contribution in [0.25, 0.3) is 175 Å². The minimum absolute atomic E-state index is 0.113. The highest BCUT2D eigenvalue weighted by molar-refractivity contribution is 6.46. The maximum atomic E-state index is 2.62. The molecule has 0 bridgehead atoms. The van der Waals surface area contributed by atoms with Crippen molar-refractivity contribution in [3.63, 3.8) is 0 Å². The fourth-order valence-corrected chi connectivity index (χ4v) is 20.0. The smallest absolute Gasteiger partial charge is 0.0159 e. The molecule has 18 aromatic rings. The molecule has 0 radical (unpaired) electrons. The summed E-state index contributed by atoms with van der Waals surface area (Å²) in [6, 6.07) is 107. The second kappa shape index (κ2) is 19.3. The Bertz CT molecular complexity index is 6540. The predicted molar refractivity (Wildman–Crippen MR) is 419 cm³/mol. The number of fused-ring (bicyclic) bond motifs is 23. The van der Waals surface area contributed by atoms with E-state index in [1.165, 1.54) is 219 Å². The molecule has 0 amide bonds. The Morgan fingerprint density at radius 3 is 0.878 bits per heavy atom. The highest BCUT2D eigenvalue weighted by Gasteiger charge is 2.40. The molecule has 0 aliphatic heterocycles. The lowest BCUT2D eigenvalue weighted by atomic mass is 9.79. The highest BCUT2D eigenvalue weighted by atomic mass is 14.4. The van der Waals surface area contributed by atoms with E-state index in [0.29, 0.717) is 0 Å². The van der Waals surface area contributed by atoms with E-state index in [0.717, 1.165) is 0 Å². The van der Waals surface area contributed by atoms with Gasteiger partial charge in [-0.1, -0.05) is 298 Å². The minimum atomic E-state index is -0.151. The quantitative estimate of drug-likeness (QED) is 0.155. The summed E-state index contributed by atoms with van der Waals surface area (Å²) >= 11 is 0. The summed E-state index contributed by atoms with van der Waals surface area (Å²) in [7, 11) is 0. The van der Waals surface area contributed by atoms with Crippen LogP contribution in [0.1, 0.15) is 99.9 Å². The molecule has 0 saturated heterocycles. The van der Waals surface area contributed by atoms with Gasteiger partial charge < -0.3 is 0 Å². The van der Waals surface area contributed by atoms with Gasteiger partial charge in [-0.15, -0.1) is 0 Å². The van der Waals surface area contributed by atoms with E-state index in [1.807, 2.05) is 0 Å². The normalized spacial score (nSPS) is 15.3. The van der Waals surface area contributed by atoms with E-state index in [9.17, 15) is 0 Å².